The molecule has 0 aliphatic rings. The zero-order valence-corrected chi connectivity index (χ0v) is 12.0. The quantitative estimate of drug-likeness (QED) is 0.775. The number of rotatable bonds is 8. The fraction of sp³-hybridized carbons (Fsp3) is 0.462. The van der Waals surface area contributed by atoms with Crippen LogP contribution in [0.3, 0.4) is 0 Å². The Balaban J connectivity index is 2.63. The van der Waals surface area contributed by atoms with Gasteiger partial charge in [0.1, 0.15) is 0 Å². The van der Waals surface area contributed by atoms with Gasteiger partial charge in [-0.2, -0.15) is 0 Å². The van der Waals surface area contributed by atoms with Crippen molar-refractivity contribution in [2.24, 2.45) is 0 Å². The molecule has 6 heteroatoms. The number of aliphatic carboxylic acids is 1. The third-order valence-corrected chi connectivity index (χ3v) is 3.40. The van der Waals surface area contributed by atoms with Crippen LogP contribution in [0.25, 0.3) is 0 Å². The van der Waals surface area contributed by atoms with Gasteiger partial charge in [-0.15, -0.1) is 0 Å². The molecule has 1 aromatic rings. The SMILES string of the molecule is O=C(O)CCN(CCCO)Cc1ccc(Cl)c(Cl)c1. The topological polar surface area (TPSA) is 60.8 Å². The van der Waals surface area contributed by atoms with E-state index in [1.54, 1.807) is 12.1 Å². The number of carboxylic acid groups (broad SMARTS) is 1. The lowest BCUT2D eigenvalue weighted by Crippen LogP contribution is -2.27. The van der Waals surface area contributed by atoms with Crippen molar-refractivity contribution in [1.82, 2.24) is 4.90 Å². The summed E-state index contributed by atoms with van der Waals surface area (Å²) in [5.74, 6) is -0.830. The first-order valence-corrected chi connectivity index (χ1v) is 6.77. The van der Waals surface area contributed by atoms with Gasteiger partial charge in [-0.3, -0.25) is 9.69 Å². The van der Waals surface area contributed by atoms with Crippen molar-refractivity contribution in [3.63, 3.8) is 0 Å². The van der Waals surface area contributed by atoms with E-state index >= 15 is 0 Å². The Morgan fingerprint density at radius 3 is 2.53 bits per heavy atom. The average molecular weight is 306 g/mol. The Kier molecular flexibility index (Phi) is 7.16. The first-order valence-electron chi connectivity index (χ1n) is 6.02. The third kappa shape index (κ3) is 6.25. The molecule has 0 unspecified atom stereocenters. The predicted molar refractivity (Wildman–Crippen MR) is 75.7 cm³/mol. The number of aliphatic hydroxyl groups excluding tert-OH is 1. The second-order valence-electron chi connectivity index (χ2n) is 4.25. The maximum atomic E-state index is 10.6. The van der Waals surface area contributed by atoms with Gasteiger partial charge in [0.2, 0.25) is 0 Å². The van der Waals surface area contributed by atoms with E-state index in [9.17, 15) is 4.79 Å². The van der Waals surface area contributed by atoms with Gasteiger partial charge in [0.25, 0.3) is 0 Å². The minimum Gasteiger partial charge on any atom is -0.481 e. The van der Waals surface area contributed by atoms with Crippen molar-refractivity contribution < 1.29 is 15.0 Å². The summed E-state index contributed by atoms with van der Waals surface area (Å²) in [5.41, 5.74) is 0.970. The first-order chi connectivity index (χ1) is 9.02. The Morgan fingerprint density at radius 2 is 1.95 bits per heavy atom. The minimum atomic E-state index is -0.830. The van der Waals surface area contributed by atoms with Crippen LogP contribution in [0.4, 0.5) is 0 Å². The van der Waals surface area contributed by atoms with E-state index < -0.39 is 5.97 Å². The number of hydrogen-bond donors (Lipinski definition) is 2. The zero-order chi connectivity index (χ0) is 14.3. The fourth-order valence-corrected chi connectivity index (χ4v) is 2.03. The van der Waals surface area contributed by atoms with E-state index in [1.165, 1.54) is 0 Å². The third-order valence-electron chi connectivity index (χ3n) is 2.66. The van der Waals surface area contributed by atoms with Crippen molar-refractivity contribution in [3.8, 4) is 0 Å². The van der Waals surface area contributed by atoms with Gasteiger partial charge < -0.3 is 10.2 Å². The molecule has 1 rings (SSSR count). The van der Waals surface area contributed by atoms with Crippen LogP contribution in [0, 0.1) is 0 Å². The molecule has 1 aromatic carbocycles. The highest BCUT2D eigenvalue weighted by Crippen LogP contribution is 2.23. The molecule has 2 N–H and O–H groups in total. The van der Waals surface area contributed by atoms with Crippen LogP contribution >= 0.6 is 23.2 Å². The molecule has 0 atom stereocenters. The molecule has 4 nitrogen and oxygen atoms in total. The average Bonchev–Trinajstić information content (AvgIpc) is 2.37. The number of aliphatic hydroxyl groups is 1. The number of carboxylic acids is 1. The minimum absolute atomic E-state index is 0.0761. The van der Waals surface area contributed by atoms with Crippen LogP contribution in [-0.2, 0) is 11.3 Å². The van der Waals surface area contributed by atoms with Crippen LogP contribution in [-0.4, -0.2) is 40.8 Å². The summed E-state index contributed by atoms with van der Waals surface area (Å²) in [6.45, 7) is 1.76. The molecule has 0 aliphatic carbocycles. The number of carbonyl (C=O) groups is 1. The second-order valence-corrected chi connectivity index (χ2v) is 5.06. The first kappa shape index (κ1) is 16.2. The van der Waals surface area contributed by atoms with Crippen LogP contribution in [0.1, 0.15) is 18.4 Å². The van der Waals surface area contributed by atoms with Gasteiger partial charge in [0, 0.05) is 26.2 Å². The summed E-state index contributed by atoms with van der Waals surface area (Å²) < 4.78 is 0. The maximum absolute atomic E-state index is 10.6. The summed E-state index contributed by atoms with van der Waals surface area (Å²) in [7, 11) is 0. The van der Waals surface area contributed by atoms with E-state index in [1.807, 2.05) is 11.0 Å². The van der Waals surface area contributed by atoms with Crippen molar-refractivity contribution in [3.05, 3.63) is 33.8 Å². The van der Waals surface area contributed by atoms with Crippen LogP contribution in [0.2, 0.25) is 10.0 Å². The van der Waals surface area contributed by atoms with E-state index in [2.05, 4.69) is 0 Å². The molecule has 0 aromatic heterocycles. The van der Waals surface area contributed by atoms with Crippen molar-refractivity contribution in [2.45, 2.75) is 19.4 Å². The summed E-state index contributed by atoms with van der Waals surface area (Å²) >= 11 is 11.8. The molecule has 0 heterocycles. The standard InChI is InChI=1S/C13H17Cl2NO3/c14-11-3-2-10(8-12(11)15)9-16(5-1-7-17)6-4-13(18)19/h2-3,8,17H,1,4-7,9H2,(H,18,19). The van der Waals surface area contributed by atoms with E-state index in [0.717, 1.165) is 5.56 Å². The molecule has 0 bridgehead atoms. The number of hydrogen-bond acceptors (Lipinski definition) is 3. The molecule has 19 heavy (non-hydrogen) atoms. The highest BCUT2D eigenvalue weighted by Gasteiger charge is 2.09. The van der Waals surface area contributed by atoms with Gasteiger partial charge in [-0.1, -0.05) is 29.3 Å². The second kappa shape index (κ2) is 8.38. The Labute approximate surface area is 122 Å². The molecular formula is C13H17Cl2NO3. The van der Waals surface area contributed by atoms with Gasteiger partial charge in [0.15, 0.2) is 0 Å². The highest BCUT2D eigenvalue weighted by atomic mass is 35.5. The van der Waals surface area contributed by atoms with Gasteiger partial charge in [-0.05, 0) is 24.1 Å². The van der Waals surface area contributed by atoms with Gasteiger partial charge in [-0.25, -0.2) is 0 Å². The van der Waals surface area contributed by atoms with Gasteiger partial charge >= 0.3 is 5.97 Å². The fourth-order valence-electron chi connectivity index (χ4n) is 1.71. The molecule has 0 amide bonds. The molecule has 0 spiro atoms. The van der Waals surface area contributed by atoms with Crippen LogP contribution in [0.5, 0.6) is 0 Å². The molecule has 0 saturated carbocycles. The maximum Gasteiger partial charge on any atom is 0.304 e. The van der Waals surface area contributed by atoms with Crippen molar-refractivity contribution in [2.75, 3.05) is 19.7 Å². The molecule has 0 aliphatic heterocycles. The summed E-state index contributed by atoms with van der Waals surface area (Å²) in [4.78, 5) is 12.6. The zero-order valence-electron chi connectivity index (χ0n) is 10.5. The van der Waals surface area contributed by atoms with E-state index in [0.29, 0.717) is 36.1 Å². The lowest BCUT2D eigenvalue weighted by molar-refractivity contribution is -0.137. The molecular weight excluding hydrogens is 289 g/mol. The Morgan fingerprint density at radius 1 is 1.21 bits per heavy atom. The van der Waals surface area contributed by atoms with E-state index in [-0.39, 0.29) is 13.0 Å². The molecule has 0 fully saturated rings. The van der Waals surface area contributed by atoms with E-state index in [4.69, 9.17) is 33.4 Å². The summed E-state index contributed by atoms with van der Waals surface area (Å²) in [6.07, 6.45) is 0.688. The molecule has 106 valence electrons. The Bertz CT molecular complexity index is 426. The lowest BCUT2D eigenvalue weighted by Gasteiger charge is -2.21. The van der Waals surface area contributed by atoms with Crippen LogP contribution in [0.15, 0.2) is 18.2 Å². The smallest absolute Gasteiger partial charge is 0.304 e. The Hall–Kier alpha value is -0.810. The number of halogens is 2. The molecule has 0 radical (unpaired) electrons. The summed E-state index contributed by atoms with van der Waals surface area (Å²) in [5, 5.41) is 18.6. The van der Waals surface area contributed by atoms with Crippen LogP contribution < -0.4 is 0 Å². The monoisotopic (exact) mass is 305 g/mol. The number of nitrogens with zero attached hydrogens (tertiary/aromatic N) is 1. The largest absolute Gasteiger partial charge is 0.481 e. The van der Waals surface area contributed by atoms with Crippen molar-refractivity contribution in [1.29, 1.82) is 0 Å². The van der Waals surface area contributed by atoms with Crippen molar-refractivity contribution >= 4 is 29.2 Å². The van der Waals surface area contributed by atoms with Gasteiger partial charge in [0.05, 0.1) is 16.5 Å². The number of benzene rings is 1. The lowest BCUT2D eigenvalue weighted by atomic mass is 10.2. The normalized spacial score (nSPS) is 10.9. The molecule has 0 saturated heterocycles. The summed E-state index contributed by atoms with van der Waals surface area (Å²) in [6, 6.07) is 5.36. The highest BCUT2D eigenvalue weighted by molar-refractivity contribution is 6.42. The predicted octanol–water partition coefficient (Wildman–Crippen LogP) is 2.65.